The van der Waals surface area contributed by atoms with E-state index in [-0.39, 0.29) is 0 Å². The molecule has 0 radical (unpaired) electrons. The molecule has 3 aromatic rings. The van der Waals surface area contributed by atoms with Crippen LogP contribution in [0.4, 0.5) is 0 Å². The molecule has 4 rings (SSSR count). The van der Waals surface area contributed by atoms with Gasteiger partial charge in [-0.2, -0.15) is 0 Å². The van der Waals surface area contributed by atoms with E-state index in [1.165, 1.54) is 12.0 Å². The predicted molar refractivity (Wildman–Crippen MR) is 102 cm³/mol. The summed E-state index contributed by atoms with van der Waals surface area (Å²) in [4.78, 5) is 11.6. The summed E-state index contributed by atoms with van der Waals surface area (Å²) in [7, 11) is 1.66. The zero-order valence-electron chi connectivity index (χ0n) is 16.0. The van der Waals surface area contributed by atoms with Gasteiger partial charge < -0.3 is 9.26 Å². The van der Waals surface area contributed by atoms with Crippen LogP contribution in [0.1, 0.15) is 41.5 Å². The van der Waals surface area contributed by atoms with Crippen molar-refractivity contribution < 1.29 is 9.26 Å². The lowest BCUT2D eigenvalue weighted by Crippen LogP contribution is -2.23. The Morgan fingerprint density at radius 1 is 1.15 bits per heavy atom. The van der Waals surface area contributed by atoms with Gasteiger partial charge in [0, 0.05) is 41.7 Å². The minimum atomic E-state index is 0.359. The molecule has 2 aromatic heterocycles. The van der Waals surface area contributed by atoms with Crippen molar-refractivity contribution >= 4 is 0 Å². The summed E-state index contributed by atoms with van der Waals surface area (Å²) < 4.78 is 10.6. The van der Waals surface area contributed by atoms with E-state index >= 15 is 0 Å². The van der Waals surface area contributed by atoms with E-state index < -0.39 is 0 Å². The molecule has 1 atom stereocenters. The van der Waals surface area contributed by atoms with Crippen molar-refractivity contribution in [3.8, 4) is 17.1 Å². The van der Waals surface area contributed by atoms with Crippen LogP contribution in [0.5, 0.6) is 5.75 Å². The molecule has 3 heterocycles. The van der Waals surface area contributed by atoms with Gasteiger partial charge in [0.2, 0.25) is 0 Å². The Morgan fingerprint density at radius 2 is 1.89 bits per heavy atom. The smallest absolute Gasteiger partial charge is 0.159 e. The summed E-state index contributed by atoms with van der Waals surface area (Å²) in [6.45, 7) is 5.92. The predicted octanol–water partition coefficient (Wildman–Crippen LogP) is 4.09. The van der Waals surface area contributed by atoms with Crippen molar-refractivity contribution in [3.05, 3.63) is 59.2 Å². The molecule has 0 unspecified atom stereocenters. The summed E-state index contributed by atoms with van der Waals surface area (Å²) in [5, 5.41) is 4.12. The Kier molecular flexibility index (Phi) is 4.90. The minimum absolute atomic E-state index is 0.359. The molecule has 1 aliphatic heterocycles. The Balaban J connectivity index is 1.49. The molecule has 0 N–H and O–H groups in total. The highest BCUT2D eigenvalue weighted by Crippen LogP contribution is 2.36. The number of aromatic nitrogens is 3. The van der Waals surface area contributed by atoms with Gasteiger partial charge in [0.1, 0.15) is 11.5 Å². The van der Waals surface area contributed by atoms with Gasteiger partial charge in [-0.3, -0.25) is 4.90 Å². The fourth-order valence-corrected chi connectivity index (χ4v) is 3.87. The van der Waals surface area contributed by atoms with Crippen LogP contribution in [0.2, 0.25) is 0 Å². The molecule has 27 heavy (non-hydrogen) atoms. The van der Waals surface area contributed by atoms with E-state index in [4.69, 9.17) is 9.26 Å². The number of benzene rings is 1. The van der Waals surface area contributed by atoms with Crippen LogP contribution in [-0.2, 0) is 6.54 Å². The summed E-state index contributed by atoms with van der Waals surface area (Å²) in [6, 6.07) is 8.15. The lowest BCUT2D eigenvalue weighted by atomic mass is 10.0. The maximum absolute atomic E-state index is 5.38. The zero-order valence-corrected chi connectivity index (χ0v) is 16.0. The summed E-state index contributed by atoms with van der Waals surface area (Å²) in [5.41, 5.74) is 4.34. The number of rotatable bonds is 5. The van der Waals surface area contributed by atoms with Gasteiger partial charge >= 0.3 is 0 Å². The average Bonchev–Trinajstić information content (AvgIpc) is 3.28. The number of nitrogens with zero attached hydrogens (tertiary/aromatic N) is 4. The normalized spacial score (nSPS) is 17.4. The van der Waals surface area contributed by atoms with Crippen molar-refractivity contribution in [1.82, 2.24) is 20.0 Å². The highest BCUT2D eigenvalue weighted by Gasteiger charge is 2.30. The third kappa shape index (κ3) is 3.57. The molecule has 6 nitrogen and oxygen atoms in total. The van der Waals surface area contributed by atoms with E-state index in [1.54, 1.807) is 7.11 Å². The summed E-state index contributed by atoms with van der Waals surface area (Å²) in [6.07, 6.45) is 6.16. The third-order valence-electron chi connectivity index (χ3n) is 5.22. The van der Waals surface area contributed by atoms with E-state index in [0.29, 0.717) is 6.04 Å². The second kappa shape index (κ2) is 7.48. The van der Waals surface area contributed by atoms with Gasteiger partial charge in [-0.05, 0) is 57.5 Å². The van der Waals surface area contributed by atoms with E-state index in [2.05, 4.69) is 20.0 Å². The van der Waals surface area contributed by atoms with E-state index in [1.807, 2.05) is 50.5 Å². The highest BCUT2D eigenvalue weighted by molar-refractivity contribution is 5.55. The first-order valence-electron chi connectivity index (χ1n) is 9.28. The van der Waals surface area contributed by atoms with Gasteiger partial charge in [0.05, 0.1) is 12.8 Å². The Hall–Kier alpha value is -2.73. The SMILES string of the molecule is COc1ccc(-c2ncc(CN3CCC[C@@H]3c3c(C)noc3C)cn2)cc1. The molecule has 6 heteroatoms. The van der Waals surface area contributed by atoms with Crippen molar-refractivity contribution in [3.63, 3.8) is 0 Å². The van der Waals surface area contributed by atoms with Crippen molar-refractivity contribution in [2.75, 3.05) is 13.7 Å². The van der Waals surface area contributed by atoms with Crippen LogP contribution < -0.4 is 4.74 Å². The van der Waals surface area contributed by atoms with Gasteiger partial charge in [0.15, 0.2) is 5.82 Å². The van der Waals surface area contributed by atoms with Crippen LogP contribution in [0.3, 0.4) is 0 Å². The molecule has 0 aliphatic carbocycles. The van der Waals surface area contributed by atoms with Gasteiger partial charge in [-0.15, -0.1) is 0 Å². The number of ether oxygens (including phenoxy) is 1. The minimum Gasteiger partial charge on any atom is -0.497 e. The molecule has 1 saturated heterocycles. The van der Waals surface area contributed by atoms with Crippen LogP contribution in [-0.4, -0.2) is 33.7 Å². The van der Waals surface area contributed by atoms with Crippen molar-refractivity contribution in [2.24, 2.45) is 0 Å². The maximum atomic E-state index is 5.38. The van der Waals surface area contributed by atoms with Gasteiger partial charge in [-0.25, -0.2) is 9.97 Å². The lowest BCUT2D eigenvalue weighted by Gasteiger charge is -2.24. The van der Waals surface area contributed by atoms with Crippen LogP contribution in [0.15, 0.2) is 41.2 Å². The fraction of sp³-hybridized carbons (Fsp3) is 0.381. The van der Waals surface area contributed by atoms with Gasteiger partial charge in [0.25, 0.3) is 0 Å². The molecular formula is C21H24N4O2. The second-order valence-corrected chi connectivity index (χ2v) is 7.01. The first-order valence-corrected chi connectivity index (χ1v) is 9.28. The standard InChI is InChI=1S/C21H24N4O2/c1-14-20(15(2)27-24-14)19-5-4-10-25(19)13-16-11-22-21(23-12-16)17-6-8-18(26-3)9-7-17/h6-9,11-12,19H,4-5,10,13H2,1-3H3/t19-/m1/s1. The molecule has 1 aromatic carbocycles. The maximum Gasteiger partial charge on any atom is 0.159 e. The number of hydrogen-bond acceptors (Lipinski definition) is 6. The Labute approximate surface area is 159 Å². The fourth-order valence-electron chi connectivity index (χ4n) is 3.87. The Morgan fingerprint density at radius 3 is 2.52 bits per heavy atom. The first kappa shape index (κ1) is 17.7. The quantitative estimate of drug-likeness (QED) is 0.679. The molecular weight excluding hydrogens is 340 g/mol. The molecule has 1 fully saturated rings. The molecule has 0 amide bonds. The summed E-state index contributed by atoms with van der Waals surface area (Å²) in [5.74, 6) is 2.48. The van der Waals surface area contributed by atoms with E-state index in [0.717, 1.165) is 53.7 Å². The highest BCUT2D eigenvalue weighted by atomic mass is 16.5. The second-order valence-electron chi connectivity index (χ2n) is 7.01. The zero-order chi connectivity index (χ0) is 18.8. The van der Waals surface area contributed by atoms with Crippen LogP contribution >= 0.6 is 0 Å². The van der Waals surface area contributed by atoms with Crippen molar-refractivity contribution in [2.45, 2.75) is 39.3 Å². The Bertz CT molecular complexity index is 883. The molecule has 1 aliphatic rings. The topological polar surface area (TPSA) is 64.3 Å². The van der Waals surface area contributed by atoms with Crippen LogP contribution in [0.25, 0.3) is 11.4 Å². The molecule has 140 valence electrons. The molecule has 0 bridgehead atoms. The first-order chi connectivity index (χ1) is 13.2. The average molecular weight is 364 g/mol. The molecule has 0 saturated carbocycles. The molecule has 0 spiro atoms. The van der Waals surface area contributed by atoms with Gasteiger partial charge in [-0.1, -0.05) is 5.16 Å². The number of hydrogen-bond donors (Lipinski definition) is 0. The largest absolute Gasteiger partial charge is 0.497 e. The van der Waals surface area contributed by atoms with E-state index in [9.17, 15) is 0 Å². The number of aryl methyl sites for hydroxylation is 2. The van der Waals surface area contributed by atoms with Crippen molar-refractivity contribution in [1.29, 1.82) is 0 Å². The third-order valence-corrected chi connectivity index (χ3v) is 5.22. The lowest BCUT2D eigenvalue weighted by molar-refractivity contribution is 0.245. The van der Waals surface area contributed by atoms with Crippen LogP contribution in [0, 0.1) is 13.8 Å². The monoisotopic (exact) mass is 364 g/mol. The number of methoxy groups -OCH3 is 1. The number of likely N-dealkylation sites (tertiary alicyclic amines) is 1. The summed E-state index contributed by atoms with van der Waals surface area (Å²) >= 11 is 0.